The number of hydrogen-bond acceptors (Lipinski definition) is 4. The molecular formula is C17H21NO2S. The van der Waals surface area contributed by atoms with Crippen molar-refractivity contribution >= 4 is 11.3 Å². The van der Waals surface area contributed by atoms with Crippen molar-refractivity contribution in [3.63, 3.8) is 0 Å². The van der Waals surface area contributed by atoms with Crippen molar-refractivity contribution in [3.05, 3.63) is 47.3 Å². The van der Waals surface area contributed by atoms with E-state index >= 15 is 0 Å². The van der Waals surface area contributed by atoms with Gasteiger partial charge in [0.05, 0.1) is 11.7 Å². The fourth-order valence-corrected chi connectivity index (χ4v) is 3.72. The van der Waals surface area contributed by atoms with Gasteiger partial charge in [0.1, 0.15) is 0 Å². The number of β-amino-alcohol motifs (C(OH)–C–C–N with tert-alkyl or cyclic N) is 1. The van der Waals surface area contributed by atoms with Crippen LogP contribution in [-0.4, -0.2) is 39.9 Å². The van der Waals surface area contributed by atoms with Gasteiger partial charge in [0.15, 0.2) is 0 Å². The van der Waals surface area contributed by atoms with E-state index in [-0.39, 0.29) is 0 Å². The van der Waals surface area contributed by atoms with Gasteiger partial charge < -0.3 is 10.2 Å². The molecule has 0 unspecified atom stereocenters. The molecule has 3 nitrogen and oxygen atoms in total. The van der Waals surface area contributed by atoms with Crippen molar-refractivity contribution < 1.29 is 10.2 Å². The van der Waals surface area contributed by atoms with Crippen LogP contribution in [0.1, 0.15) is 18.2 Å². The van der Waals surface area contributed by atoms with Crippen LogP contribution in [0.4, 0.5) is 0 Å². The minimum Gasteiger partial charge on any atom is -0.389 e. The molecule has 1 saturated heterocycles. The summed E-state index contributed by atoms with van der Waals surface area (Å²) in [4.78, 5) is 4.78. The van der Waals surface area contributed by atoms with Gasteiger partial charge >= 0.3 is 0 Å². The number of aliphatic hydroxyl groups is 2. The van der Waals surface area contributed by atoms with E-state index in [1.165, 1.54) is 15.3 Å². The topological polar surface area (TPSA) is 43.7 Å². The average molecular weight is 303 g/mol. The largest absolute Gasteiger partial charge is 0.389 e. The Morgan fingerprint density at radius 3 is 2.71 bits per heavy atom. The fraction of sp³-hybridized carbons (Fsp3) is 0.412. The molecule has 2 heterocycles. The molecule has 1 fully saturated rings. The Hall–Kier alpha value is -1.20. The SMILES string of the molecule is C[C@@]1(O)CCN(Cc2ccc(-c3ccccc3)s2)C[C@H]1O. The summed E-state index contributed by atoms with van der Waals surface area (Å²) in [7, 11) is 0. The third-order valence-electron chi connectivity index (χ3n) is 4.18. The molecule has 0 amide bonds. The molecule has 4 heteroatoms. The molecule has 1 aromatic carbocycles. The van der Waals surface area contributed by atoms with E-state index < -0.39 is 11.7 Å². The summed E-state index contributed by atoms with van der Waals surface area (Å²) in [5.74, 6) is 0. The van der Waals surface area contributed by atoms with Crippen LogP contribution in [-0.2, 0) is 6.54 Å². The first-order chi connectivity index (χ1) is 10.0. The Morgan fingerprint density at radius 2 is 2.00 bits per heavy atom. The summed E-state index contributed by atoms with van der Waals surface area (Å²) < 4.78 is 0. The van der Waals surface area contributed by atoms with Gasteiger partial charge in [-0.2, -0.15) is 0 Å². The van der Waals surface area contributed by atoms with Crippen LogP contribution < -0.4 is 0 Å². The van der Waals surface area contributed by atoms with Crippen molar-refractivity contribution in [2.24, 2.45) is 0 Å². The number of nitrogens with zero attached hydrogens (tertiary/aromatic N) is 1. The Labute approximate surface area is 129 Å². The third-order valence-corrected chi connectivity index (χ3v) is 5.30. The Balaban J connectivity index is 1.66. The van der Waals surface area contributed by atoms with E-state index in [0.29, 0.717) is 13.0 Å². The van der Waals surface area contributed by atoms with Gasteiger partial charge in [0, 0.05) is 29.4 Å². The highest BCUT2D eigenvalue weighted by Gasteiger charge is 2.36. The average Bonchev–Trinajstić information content (AvgIpc) is 2.93. The number of benzene rings is 1. The number of thiophene rings is 1. The molecule has 3 rings (SSSR count). The van der Waals surface area contributed by atoms with Crippen molar-refractivity contribution in [3.8, 4) is 10.4 Å². The maximum atomic E-state index is 10.0. The normalized spacial score (nSPS) is 26.9. The zero-order chi connectivity index (χ0) is 14.9. The standard InChI is InChI=1S/C17H21NO2S/c1-17(20)9-10-18(12-16(17)19)11-14-7-8-15(21-14)13-5-3-2-4-6-13/h2-8,16,19-20H,9-12H2,1H3/t16-,17-/m1/s1. The van der Waals surface area contributed by atoms with Crippen LogP contribution in [0.5, 0.6) is 0 Å². The number of rotatable bonds is 3. The maximum absolute atomic E-state index is 10.0. The Kier molecular flexibility index (Phi) is 4.13. The summed E-state index contributed by atoms with van der Waals surface area (Å²) in [6.07, 6.45) is -0.0507. The molecule has 2 atom stereocenters. The number of piperidine rings is 1. The number of aliphatic hydroxyl groups excluding tert-OH is 1. The first-order valence-electron chi connectivity index (χ1n) is 7.31. The molecule has 1 aromatic heterocycles. The predicted octanol–water partition coefficient (Wildman–Crippen LogP) is 2.73. The van der Waals surface area contributed by atoms with Crippen LogP contribution in [0.3, 0.4) is 0 Å². The third kappa shape index (κ3) is 3.35. The minimum absolute atomic E-state index is 0.533. The van der Waals surface area contributed by atoms with E-state index in [1.54, 1.807) is 18.3 Å². The van der Waals surface area contributed by atoms with Crippen molar-refractivity contribution in [1.82, 2.24) is 4.90 Å². The van der Waals surface area contributed by atoms with Gasteiger partial charge in [-0.05, 0) is 31.0 Å². The zero-order valence-corrected chi connectivity index (χ0v) is 13.0. The second-order valence-electron chi connectivity index (χ2n) is 5.99. The van der Waals surface area contributed by atoms with Crippen molar-refractivity contribution in [2.75, 3.05) is 13.1 Å². The lowest BCUT2D eigenvalue weighted by Crippen LogP contribution is -2.53. The van der Waals surface area contributed by atoms with Crippen LogP contribution in [0.15, 0.2) is 42.5 Å². The monoisotopic (exact) mass is 303 g/mol. The molecule has 0 saturated carbocycles. The van der Waals surface area contributed by atoms with E-state index in [1.807, 2.05) is 6.07 Å². The van der Waals surface area contributed by atoms with E-state index in [9.17, 15) is 10.2 Å². The van der Waals surface area contributed by atoms with Crippen LogP contribution in [0, 0.1) is 0 Å². The predicted molar refractivity (Wildman–Crippen MR) is 86.3 cm³/mol. The van der Waals surface area contributed by atoms with Crippen molar-refractivity contribution in [2.45, 2.75) is 31.6 Å². The Bertz CT molecular complexity index is 594. The quantitative estimate of drug-likeness (QED) is 0.916. The molecule has 21 heavy (non-hydrogen) atoms. The lowest BCUT2D eigenvalue weighted by Gasteiger charge is -2.39. The first kappa shape index (κ1) is 14.7. The molecule has 0 radical (unpaired) electrons. The van der Waals surface area contributed by atoms with Gasteiger partial charge in [-0.1, -0.05) is 30.3 Å². The van der Waals surface area contributed by atoms with Gasteiger partial charge in [-0.25, -0.2) is 0 Å². The van der Waals surface area contributed by atoms with Gasteiger partial charge in [0.25, 0.3) is 0 Å². The summed E-state index contributed by atoms with van der Waals surface area (Å²) >= 11 is 1.79. The fourth-order valence-electron chi connectivity index (χ4n) is 2.67. The van der Waals surface area contributed by atoms with Gasteiger partial charge in [0.2, 0.25) is 0 Å². The lowest BCUT2D eigenvalue weighted by molar-refractivity contribution is -0.108. The summed E-state index contributed by atoms with van der Waals surface area (Å²) in [5, 5.41) is 20.0. The highest BCUT2D eigenvalue weighted by atomic mass is 32.1. The van der Waals surface area contributed by atoms with Crippen LogP contribution in [0.25, 0.3) is 10.4 Å². The van der Waals surface area contributed by atoms with Gasteiger partial charge in [-0.3, -0.25) is 4.90 Å². The Morgan fingerprint density at radius 1 is 1.24 bits per heavy atom. The molecule has 112 valence electrons. The molecule has 0 spiro atoms. The highest BCUT2D eigenvalue weighted by molar-refractivity contribution is 7.15. The molecular weight excluding hydrogens is 282 g/mol. The summed E-state index contributed by atoms with van der Waals surface area (Å²) in [5.41, 5.74) is 0.302. The highest BCUT2D eigenvalue weighted by Crippen LogP contribution is 2.30. The van der Waals surface area contributed by atoms with Crippen LogP contribution >= 0.6 is 11.3 Å². The summed E-state index contributed by atoms with van der Waals surface area (Å²) in [6.45, 7) is 3.91. The maximum Gasteiger partial charge on any atom is 0.0951 e. The van der Waals surface area contributed by atoms with E-state index in [4.69, 9.17) is 0 Å². The lowest BCUT2D eigenvalue weighted by atomic mass is 9.91. The number of likely N-dealkylation sites (tertiary alicyclic amines) is 1. The summed E-state index contributed by atoms with van der Waals surface area (Å²) in [6, 6.07) is 14.7. The molecule has 1 aliphatic rings. The van der Waals surface area contributed by atoms with Crippen molar-refractivity contribution in [1.29, 1.82) is 0 Å². The smallest absolute Gasteiger partial charge is 0.0951 e. The van der Waals surface area contributed by atoms with Gasteiger partial charge in [-0.15, -0.1) is 11.3 Å². The zero-order valence-electron chi connectivity index (χ0n) is 12.2. The minimum atomic E-state index is -0.943. The second kappa shape index (κ2) is 5.89. The van der Waals surface area contributed by atoms with E-state index in [2.05, 4.69) is 41.3 Å². The van der Waals surface area contributed by atoms with Crippen LogP contribution in [0.2, 0.25) is 0 Å². The van der Waals surface area contributed by atoms with E-state index in [0.717, 1.165) is 13.1 Å². The molecule has 0 aliphatic carbocycles. The molecule has 2 N–H and O–H groups in total. The molecule has 0 bridgehead atoms. The first-order valence-corrected chi connectivity index (χ1v) is 8.13. The number of hydrogen-bond donors (Lipinski definition) is 2. The molecule has 1 aliphatic heterocycles. The second-order valence-corrected chi connectivity index (χ2v) is 7.16. The molecule has 2 aromatic rings.